The minimum atomic E-state index is -0.189. The van der Waals surface area contributed by atoms with Crippen molar-refractivity contribution in [3.63, 3.8) is 0 Å². The van der Waals surface area contributed by atoms with Crippen molar-refractivity contribution in [3.8, 4) is 11.5 Å². The summed E-state index contributed by atoms with van der Waals surface area (Å²) in [5.74, 6) is 1.79. The molecule has 7 nitrogen and oxygen atoms in total. The van der Waals surface area contributed by atoms with Gasteiger partial charge in [0.1, 0.15) is 5.82 Å². The number of nitrogens with one attached hydrogen (secondary N) is 2. The largest absolute Gasteiger partial charge is 0.493 e. The van der Waals surface area contributed by atoms with Crippen LogP contribution in [0.5, 0.6) is 11.5 Å². The van der Waals surface area contributed by atoms with E-state index in [1.807, 2.05) is 18.2 Å². The van der Waals surface area contributed by atoms with Gasteiger partial charge in [-0.1, -0.05) is 6.07 Å². The molecule has 2 rings (SSSR count). The van der Waals surface area contributed by atoms with E-state index in [1.54, 1.807) is 39.7 Å². The standard InChI is InChI=1S/C18H23N3O4/c1-23-9-8-19-17-7-5-14(12-20-17)18(22)21-11-13-4-6-15(24-2)16(10-13)25-3/h4-7,10,12H,8-9,11H2,1-3H3,(H,19,20)(H,21,22). The van der Waals surface area contributed by atoms with Crippen LogP contribution in [0.3, 0.4) is 0 Å². The number of rotatable bonds is 9. The number of benzene rings is 1. The van der Waals surface area contributed by atoms with Crippen LogP contribution in [0.15, 0.2) is 36.5 Å². The molecule has 0 aliphatic heterocycles. The quantitative estimate of drug-likeness (QED) is 0.677. The Balaban J connectivity index is 1.91. The maximum Gasteiger partial charge on any atom is 0.253 e. The first-order valence-corrected chi connectivity index (χ1v) is 7.86. The van der Waals surface area contributed by atoms with Gasteiger partial charge in [0.05, 0.1) is 26.4 Å². The summed E-state index contributed by atoms with van der Waals surface area (Å²) < 4.78 is 15.4. The molecule has 0 fully saturated rings. The Hall–Kier alpha value is -2.80. The van der Waals surface area contributed by atoms with Gasteiger partial charge in [-0.3, -0.25) is 4.79 Å². The Morgan fingerprint density at radius 1 is 1.08 bits per heavy atom. The second-order valence-electron chi connectivity index (χ2n) is 5.22. The molecule has 0 aliphatic carbocycles. The minimum Gasteiger partial charge on any atom is -0.493 e. The molecule has 2 N–H and O–H groups in total. The van der Waals surface area contributed by atoms with Crippen molar-refractivity contribution >= 4 is 11.7 Å². The predicted molar refractivity (Wildman–Crippen MR) is 95.3 cm³/mol. The third-order valence-electron chi connectivity index (χ3n) is 3.54. The number of hydrogen-bond acceptors (Lipinski definition) is 6. The Kier molecular flexibility index (Phi) is 7.03. The number of hydrogen-bond donors (Lipinski definition) is 2. The molecule has 134 valence electrons. The molecule has 1 aromatic carbocycles. The second-order valence-corrected chi connectivity index (χ2v) is 5.22. The fourth-order valence-corrected chi connectivity index (χ4v) is 2.19. The molecule has 0 unspecified atom stereocenters. The van der Waals surface area contributed by atoms with Crippen molar-refractivity contribution in [1.29, 1.82) is 0 Å². The lowest BCUT2D eigenvalue weighted by Gasteiger charge is -2.10. The molecule has 25 heavy (non-hydrogen) atoms. The van der Waals surface area contributed by atoms with E-state index in [1.165, 1.54) is 0 Å². The summed E-state index contributed by atoms with van der Waals surface area (Å²) in [6.07, 6.45) is 1.54. The highest BCUT2D eigenvalue weighted by Gasteiger charge is 2.08. The van der Waals surface area contributed by atoms with Crippen LogP contribution in [-0.2, 0) is 11.3 Å². The zero-order valence-electron chi connectivity index (χ0n) is 14.7. The van der Waals surface area contributed by atoms with Gasteiger partial charge in [0, 0.05) is 26.4 Å². The summed E-state index contributed by atoms with van der Waals surface area (Å²) in [6, 6.07) is 9.01. The summed E-state index contributed by atoms with van der Waals surface area (Å²) in [4.78, 5) is 16.4. The van der Waals surface area contributed by atoms with Crippen molar-refractivity contribution < 1.29 is 19.0 Å². The first-order chi connectivity index (χ1) is 12.2. The summed E-state index contributed by atoms with van der Waals surface area (Å²) in [6.45, 7) is 1.64. The first kappa shape index (κ1) is 18.5. The normalized spacial score (nSPS) is 10.2. The molecule has 0 radical (unpaired) electrons. The number of carbonyl (C=O) groups excluding carboxylic acids is 1. The average Bonchev–Trinajstić information content (AvgIpc) is 2.66. The maximum absolute atomic E-state index is 12.2. The van der Waals surface area contributed by atoms with Gasteiger partial charge < -0.3 is 24.8 Å². The molecule has 0 saturated heterocycles. The highest BCUT2D eigenvalue weighted by atomic mass is 16.5. The fraction of sp³-hybridized carbons (Fsp3) is 0.333. The molecule has 0 saturated carbocycles. The molecule has 0 spiro atoms. The third kappa shape index (κ3) is 5.36. The average molecular weight is 345 g/mol. The van der Waals surface area contributed by atoms with Gasteiger partial charge in [-0.2, -0.15) is 0 Å². The van der Waals surface area contributed by atoms with Gasteiger partial charge in [-0.15, -0.1) is 0 Å². The van der Waals surface area contributed by atoms with E-state index < -0.39 is 0 Å². The van der Waals surface area contributed by atoms with Crippen LogP contribution in [0.4, 0.5) is 5.82 Å². The molecule has 1 aromatic heterocycles. The third-order valence-corrected chi connectivity index (χ3v) is 3.54. The lowest BCUT2D eigenvalue weighted by atomic mass is 10.2. The molecule has 1 amide bonds. The SMILES string of the molecule is COCCNc1ccc(C(=O)NCc2ccc(OC)c(OC)c2)cn1. The second kappa shape index (κ2) is 9.48. The number of ether oxygens (including phenoxy) is 3. The van der Waals surface area contributed by atoms with Crippen molar-refractivity contribution in [2.24, 2.45) is 0 Å². The highest BCUT2D eigenvalue weighted by Crippen LogP contribution is 2.27. The Morgan fingerprint density at radius 2 is 1.88 bits per heavy atom. The molecule has 1 heterocycles. The molecular weight excluding hydrogens is 322 g/mol. The number of amides is 1. The van der Waals surface area contributed by atoms with Crippen molar-refractivity contribution in [1.82, 2.24) is 10.3 Å². The van der Waals surface area contributed by atoms with Crippen LogP contribution in [0.1, 0.15) is 15.9 Å². The van der Waals surface area contributed by atoms with Gasteiger partial charge >= 0.3 is 0 Å². The van der Waals surface area contributed by atoms with E-state index in [9.17, 15) is 4.79 Å². The van der Waals surface area contributed by atoms with Crippen LogP contribution in [-0.4, -0.2) is 45.4 Å². The van der Waals surface area contributed by atoms with Gasteiger partial charge in [-0.05, 0) is 29.8 Å². The highest BCUT2D eigenvalue weighted by molar-refractivity contribution is 5.94. The summed E-state index contributed by atoms with van der Waals surface area (Å²) in [5.41, 5.74) is 1.41. The smallest absolute Gasteiger partial charge is 0.253 e. The number of methoxy groups -OCH3 is 3. The van der Waals surface area contributed by atoms with E-state index in [4.69, 9.17) is 14.2 Å². The Labute approximate surface area is 147 Å². The van der Waals surface area contributed by atoms with E-state index in [-0.39, 0.29) is 5.91 Å². The Morgan fingerprint density at radius 3 is 2.52 bits per heavy atom. The molecular formula is C18H23N3O4. The predicted octanol–water partition coefficient (Wildman–Crippen LogP) is 2.09. The van der Waals surface area contributed by atoms with Crippen molar-refractivity contribution in [2.45, 2.75) is 6.54 Å². The molecule has 0 aliphatic rings. The zero-order valence-corrected chi connectivity index (χ0v) is 14.7. The lowest BCUT2D eigenvalue weighted by Crippen LogP contribution is -2.23. The van der Waals surface area contributed by atoms with Crippen LogP contribution in [0, 0.1) is 0 Å². The van der Waals surface area contributed by atoms with Gasteiger partial charge in [0.15, 0.2) is 11.5 Å². The maximum atomic E-state index is 12.2. The minimum absolute atomic E-state index is 0.189. The van der Waals surface area contributed by atoms with Crippen LogP contribution < -0.4 is 20.1 Å². The number of nitrogens with zero attached hydrogens (tertiary/aromatic N) is 1. The molecule has 0 atom stereocenters. The first-order valence-electron chi connectivity index (χ1n) is 7.86. The zero-order chi connectivity index (χ0) is 18.1. The van der Waals surface area contributed by atoms with Gasteiger partial charge in [-0.25, -0.2) is 4.98 Å². The number of carbonyl (C=O) groups is 1. The lowest BCUT2D eigenvalue weighted by molar-refractivity contribution is 0.0950. The number of anilines is 1. The topological polar surface area (TPSA) is 81.7 Å². The summed E-state index contributed by atoms with van der Waals surface area (Å²) >= 11 is 0. The number of aromatic nitrogens is 1. The Bertz CT molecular complexity index is 689. The molecule has 2 aromatic rings. The van der Waals surface area contributed by atoms with E-state index in [0.717, 1.165) is 5.56 Å². The van der Waals surface area contributed by atoms with E-state index in [0.29, 0.717) is 42.6 Å². The molecule has 0 bridgehead atoms. The van der Waals surface area contributed by atoms with Crippen LogP contribution in [0.25, 0.3) is 0 Å². The molecule has 7 heteroatoms. The van der Waals surface area contributed by atoms with Crippen LogP contribution >= 0.6 is 0 Å². The summed E-state index contributed by atoms with van der Waals surface area (Å²) in [5, 5.41) is 5.96. The van der Waals surface area contributed by atoms with E-state index in [2.05, 4.69) is 15.6 Å². The van der Waals surface area contributed by atoms with E-state index >= 15 is 0 Å². The van der Waals surface area contributed by atoms with Crippen LogP contribution in [0.2, 0.25) is 0 Å². The fourth-order valence-electron chi connectivity index (χ4n) is 2.19. The number of pyridine rings is 1. The van der Waals surface area contributed by atoms with Crippen molar-refractivity contribution in [3.05, 3.63) is 47.7 Å². The van der Waals surface area contributed by atoms with Gasteiger partial charge in [0.25, 0.3) is 5.91 Å². The summed E-state index contributed by atoms with van der Waals surface area (Å²) in [7, 11) is 4.80. The van der Waals surface area contributed by atoms with Gasteiger partial charge in [0.2, 0.25) is 0 Å². The van der Waals surface area contributed by atoms with Crippen molar-refractivity contribution in [2.75, 3.05) is 39.8 Å². The monoisotopic (exact) mass is 345 g/mol.